The number of aromatic nitrogens is 2. The van der Waals surface area contributed by atoms with Gasteiger partial charge in [0.25, 0.3) is 0 Å². The lowest BCUT2D eigenvalue weighted by Gasteiger charge is -2.17. The van der Waals surface area contributed by atoms with Crippen LogP contribution in [0.25, 0.3) is 0 Å². The third kappa shape index (κ3) is 3.54. The molecule has 6 nitrogen and oxygen atoms in total. The molecule has 3 rings (SSSR count). The highest BCUT2D eigenvalue weighted by molar-refractivity contribution is 7.14. The molecular weight excluding hydrogens is 300 g/mol. The van der Waals surface area contributed by atoms with Gasteiger partial charge in [0, 0.05) is 24.7 Å². The minimum atomic E-state index is -0.0800. The molecule has 2 aromatic rings. The summed E-state index contributed by atoms with van der Waals surface area (Å²) in [7, 11) is 0. The monoisotopic (exact) mass is 318 g/mol. The van der Waals surface area contributed by atoms with Gasteiger partial charge in [-0.05, 0) is 31.4 Å². The first-order valence-electron chi connectivity index (χ1n) is 7.18. The fourth-order valence-corrected chi connectivity index (χ4v) is 3.06. The number of nitrogens with zero attached hydrogens (tertiary/aromatic N) is 3. The van der Waals surface area contributed by atoms with Gasteiger partial charge in [0.15, 0.2) is 0 Å². The van der Waals surface area contributed by atoms with Crippen LogP contribution >= 0.6 is 11.3 Å². The molecule has 0 aliphatic carbocycles. The molecule has 2 amide bonds. The normalized spacial score (nSPS) is 17.5. The minimum absolute atomic E-state index is 0.0252. The van der Waals surface area contributed by atoms with Crippen LogP contribution in [0.4, 0.5) is 9.80 Å². The molecule has 1 atom stereocenters. The number of anilines is 1. The summed E-state index contributed by atoms with van der Waals surface area (Å²) in [5.74, 6) is 1.27. The van der Waals surface area contributed by atoms with Crippen molar-refractivity contribution in [2.24, 2.45) is 0 Å². The second kappa shape index (κ2) is 6.31. The first-order valence-corrected chi connectivity index (χ1v) is 8.06. The molecule has 0 spiro atoms. The quantitative estimate of drug-likeness (QED) is 0.945. The molecule has 1 aliphatic rings. The van der Waals surface area contributed by atoms with E-state index in [-0.39, 0.29) is 12.1 Å². The summed E-state index contributed by atoms with van der Waals surface area (Å²) in [6.07, 6.45) is 0.780. The molecule has 0 radical (unpaired) electrons. The van der Waals surface area contributed by atoms with Gasteiger partial charge in [0.05, 0.1) is 11.5 Å². The Morgan fingerprint density at radius 1 is 1.45 bits per heavy atom. The highest BCUT2D eigenvalue weighted by atomic mass is 32.1. The number of thiophene rings is 1. The number of likely N-dealkylation sites (tertiary alicyclic amines) is 1. The van der Waals surface area contributed by atoms with E-state index in [1.54, 1.807) is 4.90 Å². The van der Waals surface area contributed by atoms with Crippen LogP contribution in [0.15, 0.2) is 23.6 Å². The van der Waals surface area contributed by atoms with E-state index in [4.69, 9.17) is 4.74 Å². The maximum absolute atomic E-state index is 12.2. The smallest absolute Gasteiger partial charge is 0.322 e. The Kier molecular flexibility index (Phi) is 4.24. The molecule has 1 N–H and O–H groups in total. The van der Waals surface area contributed by atoms with Crippen molar-refractivity contribution in [3.63, 3.8) is 0 Å². The van der Waals surface area contributed by atoms with Crippen LogP contribution in [0.1, 0.15) is 17.9 Å². The molecule has 3 heterocycles. The third-order valence-corrected chi connectivity index (χ3v) is 4.20. The van der Waals surface area contributed by atoms with E-state index < -0.39 is 0 Å². The van der Waals surface area contributed by atoms with Gasteiger partial charge in [-0.2, -0.15) is 4.98 Å². The van der Waals surface area contributed by atoms with Crippen molar-refractivity contribution in [2.45, 2.75) is 26.4 Å². The molecule has 0 bridgehead atoms. The van der Waals surface area contributed by atoms with Gasteiger partial charge in [-0.15, -0.1) is 11.3 Å². The molecule has 2 aromatic heterocycles. The number of hydrogen-bond donors (Lipinski definition) is 1. The lowest BCUT2D eigenvalue weighted by atomic mass is 10.3. The van der Waals surface area contributed by atoms with Gasteiger partial charge in [0.1, 0.15) is 11.9 Å². The van der Waals surface area contributed by atoms with Gasteiger partial charge in [-0.1, -0.05) is 0 Å². The zero-order chi connectivity index (χ0) is 15.5. The Morgan fingerprint density at radius 3 is 3.05 bits per heavy atom. The van der Waals surface area contributed by atoms with Crippen LogP contribution in [-0.4, -0.2) is 40.1 Å². The number of carbonyl (C=O) groups is 1. The third-order valence-electron chi connectivity index (χ3n) is 3.41. The van der Waals surface area contributed by atoms with E-state index in [1.807, 2.05) is 37.4 Å². The van der Waals surface area contributed by atoms with Crippen LogP contribution in [0.3, 0.4) is 0 Å². The topological polar surface area (TPSA) is 67.3 Å². The molecule has 116 valence electrons. The first-order chi connectivity index (χ1) is 10.6. The van der Waals surface area contributed by atoms with E-state index in [9.17, 15) is 4.79 Å². The number of amides is 2. The molecule has 1 aliphatic heterocycles. The average Bonchev–Trinajstić information content (AvgIpc) is 3.09. The Morgan fingerprint density at radius 2 is 2.32 bits per heavy atom. The fraction of sp³-hybridized carbons (Fsp3) is 0.400. The van der Waals surface area contributed by atoms with Gasteiger partial charge in [0.2, 0.25) is 5.88 Å². The van der Waals surface area contributed by atoms with Crippen molar-refractivity contribution in [1.29, 1.82) is 0 Å². The maximum atomic E-state index is 12.2. The Bertz CT molecular complexity index is 639. The Labute approximate surface area is 133 Å². The molecule has 0 saturated carbocycles. The van der Waals surface area contributed by atoms with Gasteiger partial charge < -0.3 is 9.64 Å². The Hall–Kier alpha value is -2.15. The van der Waals surface area contributed by atoms with Gasteiger partial charge in [-0.3, -0.25) is 5.32 Å². The number of ether oxygens (including phenoxy) is 1. The summed E-state index contributed by atoms with van der Waals surface area (Å²) < 4.78 is 5.88. The van der Waals surface area contributed by atoms with Crippen LogP contribution < -0.4 is 10.1 Å². The highest BCUT2D eigenvalue weighted by Gasteiger charge is 2.28. The van der Waals surface area contributed by atoms with Gasteiger partial charge in [-0.25, -0.2) is 9.78 Å². The number of hydrogen-bond acceptors (Lipinski definition) is 5. The average molecular weight is 318 g/mol. The number of carbonyl (C=O) groups excluding carboxylic acids is 1. The van der Waals surface area contributed by atoms with Crippen molar-refractivity contribution in [2.75, 3.05) is 18.4 Å². The SMILES string of the molecule is Cc1cc(OC2CCN(C(=O)Nc3cccs3)C2)nc(C)n1. The van der Waals surface area contributed by atoms with E-state index in [0.717, 1.165) is 17.1 Å². The maximum Gasteiger partial charge on any atom is 0.322 e. The Balaban J connectivity index is 1.56. The van der Waals surface area contributed by atoms with Crippen molar-refractivity contribution in [3.05, 3.63) is 35.1 Å². The molecule has 7 heteroatoms. The highest BCUT2D eigenvalue weighted by Crippen LogP contribution is 2.20. The second-order valence-electron chi connectivity index (χ2n) is 5.28. The van der Waals surface area contributed by atoms with Crippen LogP contribution in [-0.2, 0) is 0 Å². The van der Waals surface area contributed by atoms with Crippen LogP contribution in [0.2, 0.25) is 0 Å². The lowest BCUT2D eigenvalue weighted by molar-refractivity contribution is 0.189. The summed E-state index contributed by atoms with van der Waals surface area (Å²) in [6.45, 7) is 5.01. The van der Waals surface area contributed by atoms with E-state index in [1.165, 1.54) is 11.3 Å². The summed E-state index contributed by atoms with van der Waals surface area (Å²) in [6, 6.07) is 5.54. The number of urea groups is 1. The predicted octanol–water partition coefficient (Wildman–Crippen LogP) is 2.84. The van der Waals surface area contributed by atoms with Gasteiger partial charge >= 0.3 is 6.03 Å². The molecule has 0 aromatic carbocycles. The molecule has 1 unspecified atom stereocenters. The zero-order valence-corrected chi connectivity index (χ0v) is 13.4. The predicted molar refractivity (Wildman–Crippen MR) is 85.4 cm³/mol. The van der Waals surface area contributed by atoms with E-state index >= 15 is 0 Å². The van der Waals surface area contributed by atoms with Crippen molar-refractivity contribution < 1.29 is 9.53 Å². The van der Waals surface area contributed by atoms with Crippen molar-refractivity contribution in [1.82, 2.24) is 14.9 Å². The van der Waals surface area contributed by atoms with Crippen LogP contribution in [0, 0.1) is 13.8 Å². The number of rotatable bonds is 3. The summed E-state index contributed by atoms with van der Waals surface area (Å²) >= 11 is 1.51. The summed E-state index contributed by atoms with van der Waals surface area (Å²) in [4.78, 5) is 22.4. The van der Waals surface area contributed by atoms with Crippen molar-refractivity contribution in [3.8, 4) is 5.88 Å². The summed E-state index contributed by atoms with van der Waals surface area (Å²) in [5.41, 5.74) is 0.882. The largest absolute Gasteiger partial charge is 0.472 e. The first kappa shape index (κ1) is 14.8. The molecular formula is C15H18N4O2S. The zero-order valence-electron chi connectivity index (χ0n) is 12.6. The standard InChI is InChI=1S/C15H18N4O2S/c1-10-8-13(17-11(2)16-10)21-12-5-6-19(9-12)15(20)18-14-4-3-7-22-14/h3-4,7-8,12H,5-6,9H2,1-2H3,(H,18,20). The molecule has 1 saturated heterocycles. The van der Waals surface area contributed by atoms with E-state index in [0.29, 0.717) is 24.8 Å². The van der Waals surface area contributed by atoms with Crippen molar-refractivity contribution >= 4 is 22.4 Å². The second-order valence-corrected chi connectivity index (χ2v) is 6.22. The fourth-order valence-electron chi connectivity index (χ4n) is 2.46. The summed E-state index contributed by atoms with van der Waals surface area (Å²) in [5, 5.41) is 5.68. The lowest BCUT2D eigenvalue weighted by Crippen LogP contribution is -2.34. The van der Waals surface area contributed by atoms with E-state index in [2.05, 4.69) is 15.3 Å². The number of nitrogens with one attached hydrogen (secondary N) is 1. The van der Waals surface area contributed by atoms with Crippen LogP contribution in [0.5, 0.6) is 5.88 Å². The molecule has 22 heavy (non-hydrogen) atoms. The molecule has 1 fully saturated rings. The minimum Gasteiger partial charge on any atom is -0.472 e. The number of aryl methyl sites for hydroxylation is 2.